The van der Waals surface area contributed by atoms with Gasteiger partial charge in [-0.15, -0.1) is 0 Å². The maximum Gasteiger partial charge on any atom is 0.416 e. The lowest BCUT2D eigenvalue weighted by molar-refractivity contribution is -0.137. The molecule has 0 aromatic heterocycles. The second-order valence-corrected chi connectivity index (χ2v) is 6.79. The molecule has 9 heteroatoms. The first-order valence-electron chi connectivity index (χ1n) is 8.83. The number of imide groups is 1. The molecule has 1 saturated heterocycles. The lowest BCUT2D eigenvalue weighted by atomic mass is 9.95. The number of halogens is 3. The van der Waals surface area contributed by atoms with Gasteiger partial charge in [0.25, 0.3) is 5.91 Å². The maximum absolute atomic E-state index is 12.9. The van der Waals surface area contributed by atoms with Crippen LogP contribution in [0.3, 0.4) is 0 Å². The third-order valence-electron chi connectivity index (χ3n) is 5.04. The molecule has 29 heavy (non-hydrogen) atoms. The highest BCUT2D eigenvalue weighted by atomic mass is 19.4. The first-order chi connectivity index (χ1) is 13.8. The molecule has 0 saturated carbocycles. The fraction of sp³-hybridized carbons (Fsp3) is 0.300. The molecule has 1 N–H and O–H groups in total. The van der Waals surface area contributed by atoms with Crippen LogP contribution in [0.5, 0.6) is 17.2 Å². The summed E-state index contributed by atoms with van der Waals surface area (Å²) in [5.74, 6) is -0.157. The Hall–Kier alpha value is -3.23. The average Bonchev–Trinajstić information content (AvgIpc) is 3.22. The molecule has 152 valence electrons. The molecule has 1 fully saturated rings. The zero-order valence-electron chi connectivity index (χ0n) is 15.2. The smallest absolute Gasteiger partial charge is 0.416 e. The van der Waals surface area contributed by atoms with Crippen molar-refractivity contribution in [2.24, 2.45) is 0 Å². The maximum atomic E-state index is 12.9. The number of rotatable bonds is 4. The third-order valence-corrected chi connectivity index (χ3v) is 5.04. The molecule has 6 nitrogen and oxygen atoms in total. The van der Waals surface area contributed by atoms with Crippen molar-refractivity contribution in [1.29, 1.82) is 0 Å². The van der Waals surface area contributed by atoms with Crippen molar-refractivity contribution in [3.8, 4) is 17.2 Å². The highest BCUT2D eigenvalue weighted by molar-refractivity contribution is 6.00. The normalized spacial score (nSPS) is 20.8. The first-order valence-corrected chi connectivity index (χ1v) is 8.83. The molecule has 2 atom stereocenters. The van der Waals surface area contributed by atoms with Gasteiger partial charge in [-0.1, -0.05) is 6.07 Å². The minimum atomic E-state index is -4.48. The second-order valence-electron chi connectivity index (χ2n) is 6.79. The van der Waals surface area contributed by atoms with E-state index in [9.17, 15) is 22.8 Å². The summed E-state index contributed by atoms with van der Waals surface area (Å²) in [6.07, 6.45) is -4.80. The first kappa shape index (κ1) is 19.1. The molecular formula is C20H16F3NO5. The highest BCUT2D eigenvalue weighted by Gasteiger charge is 2.42. The van der Waals surface area contributed by atoms with E-state index >= 15 is 0 Å². The van der Waals surface area contributed by atoms with Crippen molar-refractivity contribution in [3.05, 3.63) is 53.1 Å². The van der Waals surface area contributed by atoms with Gasteiger partial charge in [0.1, 0.15) is 5.75 Å². The highest BCUT2D eigenvalue weighted by Crippen LogP contribution is 2.42. The lowest BCUT2D eigenvalue weighted by Crippen LogP contribution is -2.28. The van der Waals surface area contributed by atoms with Crippen LogP contribution in [0.25, 0.3) is 0 Å². The van der Waals surface area contributed by atoms with E-state index in [-0.39, 0.29) is 17.4 Å². The van der Waals surface area contributed by atoms with Crippen LogP contribution in [0.4, 0.5) is 18.0 Å². The van der Waals surface area contributed by atoms with Gasteiger partial charge in [-0.2, -0.15) is 13.2 Å². The van der Waals surface area contributed by atoms with E-state index in [1.807, 2.05) is 0 Å². The zero-order valence-corrected chi connectivity index (χ0v) is 15.2. The molecule has 0 unspecified atom stereocenters. The number of amides is 2. The molecule has 1 aliphatic carbocycles. The molecular weight excluding hydrogens is 391 g/mol. The summed E-state index contributed by atoms with van der Waals surface area (Å²) >= 11 is 0. The van der Waals surface area contributed by atoms with E-state index in [1.54, 1.807) is 18.2 Å². The molecule has 2 aliphatic rings. The van der Waals surface area contributed by atoms with Crippen LogP contribution >= 0.6 is 0 Å². The van der Waals surface area contributed by atoms with E-state index in [0.717, 1.165) is 23.3 Å². The summed E-state index contributed by atoms with van der Waals surface area (Å²) in [5, 5.41) is 2.13. The minimum absolute atomic E-state index is 0.0345. The molecule has 4 rings (SSSR count). The fourth-order valence-corrected chi connectivity index (χ4v) is 3.69. The molecule has 1 heterocycles. The van der Waals surface area contributed by atoms with Crippen molar-refractivity contribution < 1.29 is 37.0 Å². The van der Waals surface area contributed by atoms with E-state index < -0.39 is 29.8 Å². The van der Waals surface area contributed by atoms with Gasteiger partial charge in [0.2, 0.25) is 0 Å². The minimum Gasteiger partial charge on any atom is -0.493 e. The van der Waals surface area contributed by atoms with Crippen molar-refractivity contribution in [3.63, 3.8) is 0 Å². The Balaban J connectivity index is 1.56. The summed E-state index contributed by atoms with van der Waals surface area (Å²) in [5.41, 5.74) is 0.976. The summed E-state index contributed by atoms with van der Waals surface area (Å²) in [6, 6.07) is 8.21. The van der Waals surface area contributed by atoms with Gasteiger partial charge in [-0.3, -0.25) is 10.1 Å². The number of hydrogen-bond donors (Lipinski definition) is 1. The van der Waals surface area contributed by atoms with Crippen LogP contribution in [-0.4, -0.2) is 25.2 Å². The van der Waals surface area contributed by atoms with Crippen LogP contribution in [0.2, 0.25) is 0 Å². The number of carbonyl (C=O) groups is 2. The van der Waals surface area contributed by atoms with Gasteiger partial charge in [-0.05, 0) is 54.3 Å². The van der Waals surface area contributed by atoms with E-state index in [0.29, 0.717) is 18.6 Å². The van der Waals surface area contributed by atoms with E-state index in [4.69, 9.17) is 14.2 Å². The number of aryl methyl sites for hydroxylation is 1. The van der Waals surface area contributed by atoms with Crippen molar-refractivity contribution in [2.45, 2.75) is 31.0 Å². The van der Waals surface area contributed by atoms with Crippen LogP contribution in [-0.2, 0) is 22.1 Å². The number of ether oxygens (including phenoxy) is 3. The number of nitrogens with one attached hydrogen (secondary N) is 1. The van der Waals surface area contributed by atoms with Crippen LogP contribution in [0, 0.1) is 0 Å². The molecule has 2 amide bonds. The Morgan fingerprint density at radius 1 is 1.10 bits per heavy atom. The van der Waals surface area contributed by atoms with Gasteiger partial charge >= 0.3 is 12.3 Å². The second kappa shape index (κ2) is 6.98. The SMILES string of the molecule is COc1cc(C(F)(F)F)ccc1Oc1ccc2c(c1)CC[C@H]2[C@H]1OC(=O)NC1=O. The van der Waals surface area contributed by atoms with Crippen LogP contribution in [0.15, 0.2) is 36.4 Å². The Morgan fingerprint density at radius 3 is 2.55 bits per heavy atom. The zero-order chi connectivity index (χ0) is 20.8. The van der Waals surface area contributed by atoms with Crippen molar-refractivity contribution in [2.75, 3.05) is 7.11 Å². The number of hydrogen-bond acceptors (Lipinski definition) is 5. The number of fused-ring (bicyclic) bond motifs is 1. The topological polar surface area (TPSA) is 73.9 Å². The predicted octanol–water partition coefficient (Wildman–Crippen LogP) is 4.17. The van der Waals surface area contributed by atoms with Gasteiger partial charge < -0.3 is 14.2 Å². The molecule has 0 spiro atoms. The molecule has 1 aliphatic heterocycles. The van der Waals surface area contributed by atoms with Gasteiger partial charge in [0.05, 0.1) is 12.7 Å². The van der Waals surface area contributed by atoms with Crippen LogP contribution in [0.1, 0.15) is 29.0 Å². The van der Waals surface area contributed by atoms with Gasteiger partial charge in [-0.25, -0.2) is 4.79 Å². The summed E-state index contributed by atoms with van der Waals surface area (Å²) in [4.78, 5) is 23.2. The Kier molecular flexibility index (Phi) is 4.60. The van der Waals surface area contributed by atoms with Gasteiger partial charge in [0.15, 0.2) is 17.6 Å². The largest absolute Gasteiger partial charge is 0.493 e. The van der Waals surface area contributed by atoms with Crippen molar-refractivity contribution >= 4 is 12.0 Å². The van der Waals surface area contributed by atoms with Crippen LogP contribution < -0.4 is 14.8 Å². The summed E-state index contributed by atoms with van der Waals surface area (Å²) < 4.78 is 54.5. The number of alkyl halides is 3. The molecule has 2 aromatic rings. The van der Waals surface area contributed by atoms with E-state index in [2.05, 4.69) is 5.32 Å². The average molecular weight is 407 g/mol. The Morgan fingerprint density at radius 2 is 1.90 bits per heavy atom. The predicted molar refractivity (Wildman–Crippen MR) is 94.0 cm³/mol. The van der Waals surface area contributed by atoms with E-state index in [1.165, 1.54) is 13.2 Å². The lowest BCUT2D eigenvalue weighted by Gasteiger charge is -2.17. The molecule has 2 aromatic carbocycles. The van der Waals surface area contributed by atoms with Gasteiger partial charge in [0, 0.05) is 5.92 Å². The number of cyclic esters (lactones) is 1. The number of methoxy groups -OCH3 is 1. The standard InChI is InChI=1S/C20H16F3NO5/c1-27-16-9-11(20(21,22)23)3-7-15(16)28-12-4-6-13-10(8-12)2-5-14(13)17-18(25)24-19(26)29-17/h3-4,6-9,14,17H,2,5H2,1H3,(H,24,25,26)/t14-,17-/m1/s1. The number of carbonyl (C=O) groups excluding carboxylic acids is 2. The number of alkyl carbamates (subject to hydrolysis) is 1. The summed E-state index contributed by atoms with van der Waals surface area (Å²) in [7, 11) is 1.27. The third kappa shape index (κ3) is 3.59. The Labute approximate surface area is 163 Å². The number of benzene rings is 2. The fourth-order valence-electron chi connectivity index (χ4n) is 3.69. The molecule has 0 bridgehead atoms. The quantitative estimate of drug-likeness (QED) is 0.824. The summed E-state index contributed by atoms with van der Waals surface area (Å²) in [6.45, 7) is 0. The van der Waals surface area contributed by atoms with Crippen molar-refractivity contribution in [1.82, 2.24) is 5.32 Å². The molecule has 0 radical (unpaired) electrons. The Bertz CT molecular complexity index is 989. The monoisotopic (exact) mass is 407 g/mol.